The van der Waals surface area contributed by atoms with Crippen LogP contribution in [0.1, 0.15) is 17.8 Å². The van der Waals surface area contributed by atoms with Gasteiger partial charge in [-0.2, -0.15) is 0 Å². The quantitative estimate of drug-likeness (QED) is 0.737. The molecule has 2 N–H and O–H groups in total. The first-order valence-corrected chi connectivity index (χ1v) is 9.03. The Morgan fingerprint density at radius 2 is 2.00 bits per heavy atom. The number of rotatable bonds is 5. The summed E-state index contributed by atoms with van der Waals surface area (Å²) in [4.78, 5) is 16.6. The lowest BCUT2D eigenvalue weighted by Crippen LogP contribution is -2.30. The van der Waals surface area contributed by atoms with Gasteiger partial charge in [-0.25, -0.2) is 9.78 Å². The summed E-state index contributed by atoms with van der Waals surface area (Å²) in [6, 6.07) is 17.9. The van der Waals surface area contributed by atoms with Crippen LogP contribution in [0.2, 0.25) is 0 Å². The minimum absolute atomic E-state index is 0.184. The van der Waals surface area contributed by atoms with Gasteiger partial charge in [-0.3, -0.25) is 0 Å². The minimum atomic E-state index is -0.184. The molecule has 3 aromatic rings. The Bertz CT molecular complexity index is 901. The second-order valence-electron chi connectivity index (χ2n) is 6.51. The topological polar surface area (TPSA) is 59.0 Å². The van der Waals surface area contributed by atoms with E-state index < -0.39 is 0 Å². The molecule has 0 fully saturated rings. The molecule has 132 valence electrons. The monoisotopic (exact) mass is 346 g/mol. The third-order valence-corrected chi connectivity index (χ3v) is 4.68. The van der Waals surface area contributed by atoms with E-state index in [1.807, 2.05) is 42.6 Å². The van der Waals surface area contributed by atoms with Crippen LogP contribution in [0.15, 0.2) is 60.8 Å². The maximum atomic E-state index is 12.1. The number of carbonyl (C=O) groups is 1. The summed E-state index contributed by atoms with van der Waals surface area (Å²) in [6.07, 6.45) is 4.93. The summed E-state index contributed by atoms with van der Waals surface area (Å²) in [6.45, 7) is 1.62. The number of urea groups is 1. The Hall–Kier alpha value is -3.08. The maximum Gasteiger partial charge on any atom is 0.319 e. The first-order valence-electron chi connectivity index (χ1n) is 9.03. The van der Waals surface area contributed by atoms with Gasteiger partial charge in [0.15, 0.2) is 0 Å². The van der Waals surface area contributed by atoms with Crippen LogP contribution in [0.3, 0.4) is 0 Å². The fourth-order valence-electron chi connectivity index (χ4n) is 3.39. The molecule has 0 spiro atoms. The van der Waals surface area contributed by atoms with Crippen molar-refractivity contribution in [3.05, 3.63) is 72.2 Å². The SMILES string of the molecule is O=C(NCCc1ccccc1)Nc1cccc(-c2cnc3n2CCC3)c1. The molecule has 0 unspecified atom stereocenters. The van der Waals surface area contributed by atoms with E-state index in [4.69, 9.17) is 0 Å². The van der Waals surface area contributed by atoms with Crippen molar-refractivity contribution in [3.63, 3.8) is 0 Å². The van der Waals surface area contributed by atoms with E-state index in [0.29, 0.717) is 6.54 Å². The average Bonchev–Trinajstić information content (AvgIpc) is 3.26. The Morgan fingerprint density at radius 3 is 2.88 bits per heavy atom. The van der Waals surface area contributed by atoms with Crippen LogP contribution in [0.4, 0.5) is 10.5 Å². The van der Waals surface area contributed by atoms with Gasteiger partial charge in [0, 0.05) is 30.8 Å². The summed E-state index contributed by atoms with van der Waals surface area (Å²) in [7, 11) is 0. The Morgan fingerprint density at radius 1 is 1.12 bits per heavy atom. The predicted molar refractivity (Wildman–Crippen MR) is 103 cm³/mol. The number of carbonyl (C=O) groups excluding carboxylic acids is 1. The van der Waals surface area contributed by atoms with E-state index in [1.165, 1.54) is 5.56 Å². The third-order valence-electron chi connectivity index (χ3n) is 4.68. The summed E-state index contributed by atoms with van der Waals surface area (Å²) in [5, 5.41) is 5.83. The molecule has 1 aliphatic rings. The van der Waals surface area contributed by atoms with Crippen molar-refractivity contribution in [2.75, 3.05) is 11.9 Å². The van der Waals surface area contributed by atoms with Gasteiger partial charge in [-0.1, -0.05) is 42.5 Å². The molecule has 1 aliphatic heterocycles. The number of aromatic nitrogens is 2. The molecule has 4 rings (SSSR count). The summed E-state index contributed by atoms with van der Waals surface area (Å²) >= 11 is 0. The number of amides is 2. The zero-order valence-corrected chi connectivity index (χ0v) is 14.6. The molecule has 0 saturated carbocycles. The van der Waals surface area contributed by atoms with Gasteiger partial charge in [0.25, 0.3) is 0 Å². The van der Waals surface area contributed by atoms with E-state index in [0.717, 1.165) is 48.6 Å². The van der Waals surface area contributed by atoms with Crippen molar-refractivity contribution in [1.82, 2.24) is 14.9 Å². The van der Waals surface area contributed by atoms with E-state index in [-0.39, 0.29) is 6.03 Å². The number of imidazole rings is 1. The third kappa shape index (κ3) is 3.61. The number of fused-ring (bicyclic) bond motifs is 1. The standard InChI is InChI=1S/C21H22N4O/c26-21(22-12-11-16-6-2-1-3-7-16)24-18-9-4-8-17(14-18)19-15-23-20-10-5-13-25(19)20/h1-4,6-9,14-15H,5,10-13H2,(H2,22,24,26). The Balaban J connectivity index is 1.37. The van der Waals surface area contributed by atoms with Gasteiger partial charge >= 0.3 is 6.03 Å². The van der Waals surface area contributed by atoms with E-state index in [2.05, 4.69) is 38.4 Å². The number of benzene rings is 2. The van der Waals surface area contributed by atoms with Gasteiger partial charge < -0.3 is 15.2 Å². The smallest absolute Gasteiger partial charge is 0.319 e. The zero-order valence-electron chi connectivity index (χ0n) is 14.6. The van der Waals surface area contributed by atoms with Crippen molar-refractivity contribution < 1.29 is 4.79 Å². The Kier molecular flexibility index (Phi) is 4.69. The number of hydrogen-bond donors (Lipinski definition) is 2. The van der Waals surface area contributed by atoms with Crippen LogP contribution < -0.4 is 10.6 Å². The van der Waals surface area contributed by atoms with Crippen molar-refractivity contribution in [2.24, 2.45) is 0 Å². The molecule has 1 aromatic heterocycles. The summed E-state index contributed by atoms with van der Waals surface area (Å²) in [5.74, 6) is 1.15. The molecule has 2 amide bonds. The lowest BCUT2D eigenvalue weighted by Gasteiger charge is -2.10. The van der Waals surface area contributed by atoms with E-state index in [1.54, 1.807) is 0 Å². The lowest BCUT2D eigenvalue weighted by molar-refractivity contribution is 0.252. The summed E-state index contributed by atoms with van der Waals surface area (Å²) in [5.41, 5.74) is 4.19. The predicted octanol–water partition coefficient (Wildman–Crippen LogP) is 3.86. The molecule has 5 nitrogen and oxygen atoms in total. The van der Waals surface area contributed by atoms with Gasteiger partial charge in [0.2, 0.25) is 0 Å². The molecule has 26 heavy (non-hydrogen) atoms. The molecule has 2 aromatic carbocycles. The van der Waals surface area contributed by atoms with E-state index in [9.17, 15) is 4.79 Å². The maximum absolute atomic E-state index is 12.1. The van der Waals surface area contributed by atoms with Crippen molar-refractivity contribution in [3.8, 4) is 11.3 Å². The van der Waals surface area contributed by atoms with Gasteiger partial charge in [0.1, 0.15) is 5.82 Å². The highest BCUT2D eigenvalue weighted by Gasteiger charge is 2.16. The molecule has 2 heterocycles. The fourth-order valence-corrected chi connectivity index (χ4v) is 3.39. The normalized spacial score (nSPS) is 12.6. The van der Waals surface area contributed by atoms with Crippen molar-refractivity contribution >= 4 is 11.7 Å². The largest absolute Gasteiger partial charge is 0.338 e. The van der Waals surface area contributed by atoms with Crippen LogP contribution in [0.5, 0.6) is 0 Å². The highest BCUT2D eigenvalue weighted by Crippen LogP contribution is 2.27. The molecule has 0 atom stereocenters. The number of nitrogens with one attached hydrogen (secondary N) is 2. The second-order valence-corrected chi connectivity index (χ2v) is 6.51. The molecule has 0 bridgehead atoms. The van der Waals surface area contributed by atoms with Crippen molar-refractivity contribution in [2.45, 2.75) is 25.8 Å². The highest BCUT2D eigenvalue weighted by molar-refractivity contribution is 5.90. The van der Waals surface area contributed by atoms with Gasteiger partial charge in [-0.05, 0) is 30.5 Å². The van der Waals surface area contributed by atoms with Crippen LogP contribution in [-0.4, -0.2) is 22.1 Å². The fraction of sp³-hybridized carbons (Fsp3) is 0.238. The minimum Gasteiger partial charge on any atom is -0.338 e. The first-order chi connectivity index (χ1) is 12.8. The Labute approximate surface area is 153 Å². The molecule has 0 radical (unpaired) electrons. The number of aryl methyl sites for hydroxylation is 1. The van der Waals surface area contributed by atoms with Crippen LogP contribution in [-0.2, 0) is 19.4 Å². The van der Waals surface area contributed by atoms with Crippen LogP contribution in [0.25, 0.3) is 11.3 Å². The van der Waals surface area contributed by atoms with Crippen LogP contribution >= 0.6 is 0 Å². The molecule has 0 saturated heterocycles. The summed E-state index contributed by atoms with van der Waals surface area (Å²) < 4.78 is 2.26. The van der Waals surface area contributed by atoms with E-state index >= 15 is 0 Å². The molecular formula is C21H22N4O. The highest BCUT2D eigenvalue weighted by atomic mass is 16.2. The average molecular weight is 346 g/mol. The zero-order chi connectivity index (χ0) is 17.8. The molecule has 0 aliphatic carbocycles. The van der Waals surface area contributed by atoms with Gasteiger partial charge in [-0.15, -0.1) is 0 Å². The first kappa shape index (κ1) is 16.4. The van der Waals surface area contributed by atoms with Crippen LogP contribution in [0, 0.1) is 0 Å². The number of hydrogen-bond acceptors (Lipinski definition) is 2. The molecular weight excluding hydrogens is 324 g/mol. The molecule has 5 heteroatoms. The second kappa shape index (κ2) is 7.44. The van der Waals surface area contributed by atoms with Gasteiger partial charge in [0.05, 0.1) is 11.9 Å². The number of anilines is 1. The number of nitrogens with zero attached hydrogens (tertiary/aromatic N) is 2. The van der Waals surface area contributed by atoms with Crippen molar-refractivity contribution in [1.29, 1.82) is 0 Å². The lowest BCUT2D eigenvalue weighted by atomic mass is 10.1.